The van der Waals surface area contributed by atoms with Gasteiger partial charge >= 0.3 is 0 Å². The van der Waals surface area contributed by atoms with Gasteiger partial charge in [-0.3, -0.25) is 4.79 Å². The number of carbonyl (C=O) groups is 1. The predicted molar refractivity (Wildman–Crippen MR) is 99.2 cm³/mol. The van der Waals surface area contributed by atoms with Crippen molar-refractivity contribution >= 4 is 5.78 Å². The first-order valence-corrected chi connectivity index (χ1v) is 8.90. The molecule has 0 amide bonds. The van der Waals surface area contributed by atoms with Crippen molar-refractivity contribution < 1.29 is 4.79 Å². The summed E-state index contributed by atoms with van der Waals surface area (Å²) in [6.45, 7) is 19.2. The van der Waals surface area contributed by atoms with Gasteiger partial charge in [0.05, 0.1) is 6.04 Å². The Morgan fingerprint density at radius 2 is 1.43 bits per heavy atom. The molecular weight excluding hydrogens is 260 g/mol. The summed E-state index contributed by atoms with van der Waals surface area (Å²) >= 11 is 0. The summed E-state index contributed by atoms with van der Waals surface area (Å²) in [5, 5.41) is 6.39. The molecule has 0 fully saturated rings. The molecule has 0 aromatic heterocycles. The molecule has 0 aliphatic heterocycles. The van der Waals surface area contributed by atoms with Crippen LogP contribution in [0.4, 0.5) is 0 Å². The number of carbonyl (C=O) groups excluding carboxylic acids is 1. The Balaban J connectivity index is -0.000000176. The minimum Gasteiger partial charge on any atom is -0.315 e. The second-order valence-corrected chi connectivity index (χ2v) is 4.76. The van der Waals surface area contributed by atoms with Crippen LogP contribution >= 0.6 is 0 Å². The summed E-state index contributed by atoms with van der Waals surface area (Å²) in [6, 6.07) is 0.608. The SMILES string of the molecule is CC.CC.CCC.CNC(CCCCNC(C)C)C(C)=O. The number of nitrogens with one attached hydrogen (secondary N) is 2. The van der Waals surface area contributed by atoms with Crippen molar-refractivity contribution in [1.29, 1.82) is 0 Å². The Morgan fingerprint density at radius 1 is 1.00 bits per heavy atom. The highest BCUT2D eigenvalue weighted by Crippen LogP contribution is 2.01. The number of ketones is 1. The molecule has 3 heteroatoms. The zero-order chi connectivity index (χ0) is 17.7. The maximum Gasteiger partial charge on any atom is 0.146 e. The van der Waals surface area contributed by atoms with Crippen LogP contribution in [-0.4, -0.2) is 31.5 Å². The fraction of sp³-hybridized carbons (Fsp3) is 0.944. The van der Waals surface area contributed by atoms with Crippen LogP contribution in [0.2, 0.25) is 0 Å². The van der Waals surface area contributed by atoms with E-state index in [2.05, 4.69) is 38.3 Å². The first kappa shape index (κ1) is 28.7. The van der Waals surface area contributed by atoms with Crippen LogP contribution < -0.4 is 10.6 Å². The topological polar surface area (TPSA) is 41.1 Å². The Morgan fingerprint density at radius 3 is 1.71 bits per heavy atom. The highest BCUT2D eigenvalue weighted by atomic mass is 16.1. The average molecular weight is 305 g/mol. The Hall–Kier alpha value is -0.410. The molecule has 0 saturated carbocycles. The molecule has 0 aliphatic carbocycles. The van der Waals surface area contributed by atoms with Crippen molar-refractivity contribution in [2.75, 3.05) is 13.6 Å². The van der Waals surface area contributed by atoms with E-state index in [1.54, 1.807) is 6.92 Å². The summed E-state index contributed by atoms with van der Waals surface area (Å²) in [5.41, 5.74) is 0. The third kappa shape index (κ3) is 32.8. The smallest absolute Gasteiger partial charge is 0.146 e. The van der Waals surface area contributed by atoms with Crippen LogP contribution in [-0.2, 0) is 4.79 Å². The molecule has 0 aromatic rings. The maximum absolute atomic E-state index is 11.1. The van der Waals surface area contributed by atoms with Crippen LogP contribution in [0.25, 0.3) is 0 Å². The normalized spacial score (nSPS) is 10.2. The van der Waals surface area contributed by atoms with Gasteiger partial charge in [0.1, 0.15) is 5.78 Å². The number of Topliss-reactive ketones (excluding diaryl/α,β-unsaturated/α-hetero) is 1. The zero-order valence-corrected chi connectivity index (χ0v) is 16.6. The highest BCUT2D eigenvalue weighted by Gasteiger charge is 2.09. The standard InChI is InChI=1S/C11H24N2O.C3H8.2C2H6/c1-9(2)13-8-6-5-7-11(12-4)10(3)14;1-3-2;2*1-2/h9,11-13H,5-8H2,1-4H3;3H2,1-2H3;2*1-2H3. The molecule has 0 saturated heterocycles. The maximum atomic E-state index is 11.1. The van der Waals surface area contributed by atoms with E-state index >= 15 is 0 Å². The molecular formula is C18H44N2O. The Bertz CT molecular complexity index is 171. The van der Waals surface area contributed by atoms with Crippen LogP contribution in [0, 0.1) is 0 Å². The van der Waals surface area contributed by atoms with Gasteiger partial charge < -0.3 is 10.6 Å². The average Bonchev–Trinajstić information content (AvgIpc) is 2.47. The van der Waals surface area contributed by atoms with Gasteiger partial charge in [0.2, 0.25) is 0 Å². The Kier molecular flexibility index (Phi) is 38.1. The van der Waals surface area contributed by atoms with Crippen molar-refractivity contribution in [2.24, 2.45) is 0 Å². The first-order valence-electron chi connectivity index (χ1n) is 8.90. The van der Waals surface area contributed by atoms with Crippen molar-refractivity contribution in [3.05, 3.63) is 0 Å². The van der Waals surface area contributed by atoms with E-state index in [-0.39, 0.29) is 11.8 Å². The van der Waals surface area contributed by atoms with Gasteiger partial charge in [0.15, 0.2) is 0 Å². The molecule has 132 valence electrons. The third-order valence-corrected chi connectivity index (χ3v) is 2.31. The molecule has 21 heavy (non-hydrogen) atoms. The minimum atomic E-state index is 0.0500. The van der Waals surface area contributed by atoms with Gasteiger partial charge in [-0.1, -0.05) is 68.2 Å². The van der Waals surface area contributed by atoms with E-state index in [0.717, 1.165) is 25.8 Å². The molecule has 0 heterocycles. The van der Waals surface area contributed by atoms with E-state index in [1.165, 1.54) is 6.42 Å². The monoisotopic (exact) mass is 304 g/mol. The summed E-state index contributed by atoms with van der Waals surface area (Å²) in [4.78, 5) is 11.1. The van der Waals surface area contributed by atoms with Gasteiger partial charge in [0.25, 0.3) is 0 Å². The fourth-order valence-electron chi connectivity index (χ4n) is 1.42. The lowest BCUT2D eigenvalue weighted by Gasteiger charge is -2.12. The van der Waals surface area contributed by atoms with Gasteiger partial charge in [0, 0.05) is 6.04 Å². The van der Waals surface area contributed by atoms with Gasteiger partial charge in [-0.2, -0.15) is 0 Å². The van der Waals surface area contributed by atoms with E-state index in [4.69, 9.17) is 0 Å². The van der Waals surface area contributed by atoms with E-state index in [1.807, 2.05) is 34.7 Å². The molecule has 1 atom stereocenters. The van der Waals surface area contributed by atoms with Crippen molar-refractivity contribution in [2.45, 2.75) is 100 Å². The lowest BCUT2D eigenvalue weighted by molar-refractivity contribution is -0.119. The van der Waals surface area contributed by atoms with Crippen molar-refractivity contribution in [3.63, 3.8) is 0 Å². The van der Waals surface area contributed by atoms with Gasteiger partial charge in [-0.15, -0.1) is 0 Å². The van der Waals surface area contributed by atoms with E-state index in [9.17, 15) is 4.79 Å². The molecule has 0 aromatic carbocycles. The molecule has 1 unspecified atom stereocenters. The lowest BCUT2D eigenvalue weighted by atomic mass is 10.1. The summed E-state index contributed by atoms with van der Waals surface area (Å²) in [7, 11) is 1.85. The van der Waals surface area contributed by atoms with E-state index in [0.29, 0.717) is 6.04 Å². The predicted octanol–water partition coefficient (Wildman–Crippen LogP) is 4.80. The molecule has 3 nitrogen and oxygen atoms in total. The van der Waals surface area contributed by atoms with Crippen LogP contribution in [0.1, 0.15) is 88.0 Å². The molecule has 0 aliphatic rings. The van der Waals surface area contributed by atoms with Gasteiger partial charge in [-0.05, 0) is 33.4 Å². The number of likely N-dealkylation sites (N-methyl/N-ethyl adjacent to an activating group) is 1. The van der Waals surface area contributed by atoms with Crippen LogP contribution in [0.15, 0.2) is 0 Å². The number of unbranched alkanes of at least 4 members (excludes halogenated alkanes) is 1. The fourth-order valence-corrected chi connectivity index (χ4v) is 1.42. The Labute approximate surface area is 135 Å². The summed E-state index contributed by atoms with van der Waals surface area (Å²) in [5.74, 6) is 0.240. The van der Waals surface area contributed by atoms with Crippen LogP contribution in [0.3, 0.4) is 0 Å². The molecule has 0 radical (unpaired) electrons. The second-order valence-electron chi connectivity index (χ2n) is 4.76. The first-order chi connectivity index (χ1) is 9.99. The number of hydrogen-bond donors (Lipinski definition) is 2. The third-order valence-electron chi connectivity index (χ3n) is 2.31. The van der Waals surface area contributed by atoms with Crippen molar-refractivity contribution in [1.82, 2.24) is 10.6 Å². The molecule has 0 bridgehead atoms. The number of rotatable bonds is 8. The molecule has 0 rings (SSSR count). The largest absolute Gasteiger partial charge is 0.315 e. The second kappa shape index (κ2) is 27.9. The lowest BCUT2D eigenvalue weighted by Crippen LogP contribution is -2.32. The van der Waals surface area contributed by atoms with Crippen LogP contribution in [0.5, 0.6) is 0 Å². The van der Waals surface area contributed by atoms with E-state index < -0.39 is 0 Å². The minimum absolute atomic E-state index is 0.0500. The van der Waals surface area contributed by atoms with Crippen molar-refractivity contribution in [3.8, 4) is 0 Å². The van der Waals surface area contributed by atoms with Gasteiger partial charge in [-0.25, -0.2) is 0 Å². The highest BCUT2D eigenvalue weighted by molar-refractivity contribution is 5.81. The summed E-state index contributed by atoms with van der Waals surface area (Å²) in [6.07, 6.45) is 4.44. The summed E-state index contributed by atoms with van der Waals surface area (Å²) < 4.78 is 0. The molecule has 0 spiro atoms. The number of hydrogen-bond acceptors (Lipinski definition) is 3. The quantitative estimate of drug-likeness (QED) is 0.633. The zero-order valence-electron chi connectivity index (χ0n) is 16.6. The molecule has 2 N–H and O–H groups in total.